The Kier molecular flexibility index (Phi) is 2.46. The van der Waals surface area contributed by atoms with Crippen molar-refractivity contribution < 1.29 is 19.4 Å². The average Bonchev–Trinajstić information content (AvgIpc) is 2.92. The van der Waals surface area contributed by atoms with Gasteiger partial charge in [0.15, 0.2) is 22.5 Å². The Morgan fingerprint density at radius 2 is 2.16 bits per heavy atom. The van der Waals surface area contributed by atoms with Gasteiger partial charge in [-0.2, -0.15) is 0 Å². The number of rotatable bonds is 2. The van der Waals surface area contributed by atoms with Gasteiger partial charge in [0.05, 0.1) is 5.52 Å². The number of imidazole rings is 1. The third-order valence-electron chi connectivity index (χ3n) is 2.62. The van der Waals surface area contributed by atoms with Gasteiger partial charge in [0.2, 0.25) is 0 Å². The fourth-order valence-corrected chi connectivity index (χ4v) is 1.98. The van der Waals surface area contributed by atoms with Gasteiger partial charge in [-0.25, -0.2) is 9.78 Å². The van der Waals surface area contributed by atoms with Crippen LogP contribution >= 0.6 is 11.6 Å². The van der Waals surface area contributed by atoms with Gasteiger partial charge >= 0.3 is 5.97 Å². The van der Waals surface area contributed by atoms with Crippen LogP contribution in [0.5, 0.6) is 5.75 Å². The molecule has 0 fully saturated rings. The number of carboxylic acid groups (broad SMARTS) is 1. The van der Waals surface area contributed by atoms with Crippen molar-refractivity contribution in [3.05, 3.63) is 41.4 Å². The van der Waals surface area contributed by atoms with Crippen LogP contribution < -0.4 is 0 Å². The number of nitrogens with zero attached hydrogens (tertiary/aromatic N) is 2. The molecule has 0 aliphatic rings. The first kappa shape index (κ1) is 11.6. The minimum absolute atomic E-state index is 0.0427. The first-order valence-corrected chi connectivity index (χ1v) is 5.64. The molecule has 0 radical (unpaired) electrons. The lowest BCUT2D eigenvalue weighted by Gasteiger charge is -1.98. The predicted octanol–water partition coefficient (Wildman–Crippen LogP) is 2.65. The molecule has 96 valence electrons. The van der Waals surface area contributed by atoms with Crippen molar-refractivity contribution in [2.45, 2.75) is 0 Å². The lowest BCUT2D eigenvalue weighted by molar-refractivity contribution is 0.0693. The van der Waals surface area contributed by atoms with Gasteiger partial charge < -0.3 is 14.6 Å². The summed E-state index contributed by atoms with van der Waals surface area (Å²) < 4.78 is 6.74. The van der Waals surface area contributed by atoms with Crippen molar-refractivity contribution in [2.24, 2.45) is 0 Å². The fraction of sp³-hybridized carbons (Fsp3) is 0. The molecule has 0 aliphatic carbocycles. The lowest BCUT2D eigenvalue weighted by Crippen LogP contribution is -1.97. The Labute approximate surface area is 111 Å². The summed E-state index contributed by atoms with van der Waals surface area (Å²) in [5.74, 6) is -0.580. The van der Waals surface area contributed by atoms with Crippen LogP contribution in [0.1, 0.15) is 10.5 Å². The Morgan fingerprint density at radius 3 is 2.79 bits per heavy atom. The molecule has 0 saturated carbocycles. The minimum Gasteiger partial charge on any atom is -0.508 e. The third kappa shape index (κ3) is 1.82. The highest BCUT2D eigenvalue weighted by molar-refractivity contribution is 6.28. The molecule has 3 aromatic heterocycles. The second-order valence-electron chi connectivity index (χ2n) is 3.83. The summed E-state index contributed by atoms with van der Waals surface area (Å²) in [4.78, 5) is 15.2. The summed E-state index contributed by atoms with van der Waals surface area (Å²) in [6.45, 7) is 0. The number of aromatic carboxylic acids is 1. The monoisotopic (exact) mass is 278 g/mol. The Balaban J connectivity index is 2.34. The maximum Gasteiger partial charge on any atom is 0.356 e. The third-order valence-corrected chi connectivity index (χ3v) is 2.83. The number of hydrogen-bond donors (Lipinski definition) is 2. The van der Waals surface area contributed by atoms with E-state index in [1.54, 1.807) is 12.1 Å². The highest BCUT2D eigenvalue weighted by atomic mass is 35.5. The van der Waals surface area contributed by atoms with Gasteiger partial charge in [-0.15, -0.1) is 0 Å². The zero-order valence-corrected chi connectivity index (χ0v) is 10.1. The van der Waals surface area contributed by atoms with E-state index in [0.717, 1.165) is 0 Å². The maximum atomic E-state index is 11.2. The number of aromatic nitrogens is 2. The molecule has 3 aromatic rings. The smallest absolute Gasteiger partial charge is 0.356 e. The molecule has 0 aromatic carbocycles. The van der Waals surface area contributed by atoms with Crippen molar-refractivity contribution in [3.63, 3.8) is 0 Å². The topological polar surface area (TPSA) is 88.0 Å². The Bertz CT molecular complexity index is 790. The van der Waals surface area contributed by atoms with Crippen LogP contribution in [0.4, 0.5) is 0 Å². The first-order valence-electron chi connectivity index (χ1n) is 5.26. The molecule has 19 heavy (non-hydrogen) atoms. The van der Waals surface area contributed by atoms with Crippen molar-refractivity contribution >= 4 is 23.1 Å². The van der Waals surface area contributed by atoms with E-state index < -0.39 is 5.97 Å². The molecule has 3 heterocycles. The molecule has 0 spiro atoms. The Morgan fingerprint density at radius 1 is 1.37 bits per heavy atom. The van der Waals surface area contributed by atoms with Gasteiger partial charge in [-0.3, -0.25) is 4.40 Å². The number of furan rings is 1. The molecule has 7 heteroatoms. The largest absolute Gasteiger partial charge is 0.508 e. The van der Waals surface area contributed by atoms with Crippen molar-refractivity contribution in [2.75, 3.05) is 0 Å². The summed E-state index contributed by atoms with van der Waals surface area (Å²) in [5, 5.41) is 18.7. The van der Waals surface area contributed by atoms with E-state index in [1.165, 1.54) is 22.7 Å². The first-order chi connectivity index (χ1) is 9.06. The van der Waals surface area contributed by atoms with Crippen LogP contribution in [0.25, 0.3) is 17.1 Å². The van der Waals surface area contributed by atoms with E-state index in [4.69, 9.17) is 21.1 Å². The van der Waals surface area contributed by atoms with Gasteiger partial charge in [-0.1, -0.05) is 0 Å². The molecule has 0 bridgehead atoms. The summed E-state index contributed by atoms with van der Waals surface area (Å²) in [7, 11) is 0. The number of fused-ring (bicyclic) bond motifs is 1. The van der Waals surface area contributed by atoms with E-state index in [9.17, 15) is 9.90 Å². The molecule has 0 unspecified atom stereocenters. The van der Waals surface area contributed by atoms with Crippen LogP contribution in [0.15, 0.2) is 34.9 Å². The summed E-state index contributed by atoms with van der Waals surface area (Å²) in [5.41, 5.74) is 0.105. The number of aromatic hydroxyl groups is 1. The summed E-state index contributed by atoms with van der Waals surface area (Å²) in [6.07, 6.45) is 1.51. The quantitative estimate of drug-likeness (QED) is 0.752. The van der Waals surface area contributed by atoms with Crippen molar-refractivity contribution in [1.29, 1.82) is 0 Å². The number of hydrogen-bond acceptors (Lipinski definition) is 4. The minimum atomic E-state index is -1.19. The highest BCUT2D eigenvalue weighted by Gasteiger charge is 2.19. The number of halogens is 1. The zero-order chi connectivity index (χ0) is 13.6. The normalized spacial score (nSPS) is 11.0. The van der Waals surface area contributed by atoms with Crippen LogP contribution in [-0.4, -0.2) is 25.6 Å². The highest BCUT2D eigenvalue weighted by Crippen LogP contribution is 2.28. The van der Waals surface area contributed by atoms with E-state index in [-0.39, 0.29) is 22.2 Å². The molecule has 0 aliphatic heterocycles. The molecule has 2 N–H and O–H groups in total. The second kappa shape index (κ2) is 4.03. The molecular weight excluding hydrogens is 272 g/mol. The number of pyridine rings is 1. The molecule has 6 nitrogen and oxygen atoms in total. The lowest BCUT2D eigenvalue weighted by atomic mass is 10.3. The summed E-state index contributed by atoms with van der Waals surface area (Å²) in [6, 6.07) is 5.88. The van der Waals surface area contributed by atoms with Gasteiger partial charge in [0.1, 0.15) is 5.75 Å². The molecule has 0 saturated heterocycles. The predicted molar refractivity (Wildman–Crippen MR) is 66.5 cm³/mol. The molecule has 3 rings (SSSR count). The second-order valence-corrected chi connectivity index (χ2v) is 4.21. The standard InChI is InChI=1S/C12H7ClN2O4/c13-9-2-1-8(19-9)11-14-10(12(17)18)7-5-6(16)3-4-15(7)11/h1-5,16H,(H,17,18). The van der Waals surface area contributed by atoms with Crippen molar-refractivity contribution in [3.8, 4) is 17.3 Å². The SMILES string of the molecule is O=C(O)c1nc(-c2ccc(Cl)o2)n2ccc(O)cc12. The van der Waals surface area contributed by atoms with Crippen LogP contribution in [0.2, 0.25) is 5.22 Å². The van der Waals surface area contributed by atoms with E-state index >= 15 is 0 Å². The van der Waals surface area contributed by atoms with Crippen LogP contribution in [-0.2, 0) is 0 Å². The molecule has 0 atom stereocenters. The van der Waals surface area contributed by atoms with Gasteiger partial charge in [0.25, 0.3) is 0 Å². The van der Waals surface area contributed by atoms with Gasteiger partial charge in [0, 0.05) is 12.3 Å². The average molecular weight is 279 g/mol. The molecule has 0 amide bonds. The van der Waals surface area contributed by atoms with Crippen molar-refractivity contribution in [1.82, 2.24) is 9.38 Å². The molecular formula is C12H7ClN2O4. The van der Waals surface area contributed by atoms with Gasteiger partial charge in [-0.05, 0) is 29.8 Å². The van der Waals surface area contributed by atoms with E-state index in [0.29, 0.717) is 11.6 Å². The Hall–Kier alpha value is -2.47. The van der Waals surface area contributed by atoms with E-state index in [2.05, 4.69) is 4.98 Å². The fourth-order valence-electron chi connectivity index (χ4n) is 1.84. The summed E-state index contributed by atoms with van der Waals surface area (Å²) >= 11 is 5.70. The van der Waals surface area contributed by atoms with E-state index in [1.807, 2.05) is 0 Å². The van der Waals surface area contributed by atoms with Crippen LogP contribution in [0, 0.1) is 0 Å². The number of carbonyl (C=O) groups is 1. The number of carboxylic acids is 1. The maximum absolute atomic E-state index is 11.2. The van der Waals surface area contributed by atoms with Crippen LogP contribution in [0.3, 0.4) is 0 Å². The zero-order valence-electron chi connectivity index (χ0n) is 9.37.